The van der Waals surface area contributed by atoms with Crippen molar-refractivity contribution in [3.8, 4) is 5.69 Å². The zero-order valence-corrected chi connectivity index (χ0v) is 19.8. The number of piperidine rings is 1. The maximum Gasteiger partial charge on any atom is 0.271 e. The smallest absolute Gasteiger partial charge is 0.271 e. The molecule has 0 bridgehead atoms. The molecule has 1 aliphatic rings. The Bertz CT molecular complexity index is 1170. The average molecular weight is 488 g/mol. The predicted octanol–water partition coefficient (Wildman–Crippen LogP) is 5.18. The predicted molar refractivity (Wildman–Crippen MR) is 131 cm³/mol. The summed E-state index contributed by atoms with van der Waals surface area (Å²) in [5.74, 6) is -0.803. The van der Waals surface area contributed by atoms with Crippen molar-refractivity contribution in [2.75, 3.05) is 18.4 Å². The van der Waals surface area contributed by atoms with E-state index in [4.69, 9.17) is 0 Å². The molecule has 0 aliphatic carbocycles. The van der Waals surface area contributed by atoms with Crippen molar-refractivity contribution in [3.63, 3.8) is 0 Å². The SMILES string of the molecule is CC(C)c1ccc(-n2ncc(C(=O)Nc3cc([N+](=O)[O-])ccc3F)c2C2CCNCC2)cc1.Cl. The number of nitrogens with zero attached hydrogens (tertiary/aromatic N) is 3. The van der Waals surface area contributed by atoms with Crippen LogP contribution in [0.15, 0.2) is 48.7 Å². The summed E-state index contributed by atoms with van der Waals surface area (Å²) in [4.78, 5) is 23.6. The van der Waals surface area contributed by atoms with Crippen molar-refractivity contribution in [2.45, 2.75) is 38.5 Å². The van der Waals surface area contributed by atoms with E-state index in [1.165, 1.54) is 11.8 Å². The zero-order chi connectivity index (χ0) is 23.5. The highest BCUT2D eigenvalue weighted by atomic mass is 35.5. The number of carbonyl (C=O) groups is 1. The van der Waals surface area contributed by atoms with Crippen molar-refractivity contribution in [1.82, 2.24) is 15.1 Å². The zero-order valence-electron chi connectivity index (χ0n) is 19.0. The van der Waals surface area contributed by atoms with Crippen LogP contribution in [-0.4, -0.2) is 33.7 Å². The van der Waals surface area contributed by atoms with Crippen molar-refractivity contribution < 1.29 is 14.1 Å². The fourth-order valence-electron chi connectivity index (χ4n) is 4.14. The molecule has 0 spiro atoms. The molecular weight excluding hydrogens is 461 g/mol. The van der Waals surface area contributed by atoms with Crippen LogP contribution in [0.2, 0.25) is 0 Å². The quantitative estimate of drug-likeness (QED) is 0.368. The number of aromatic nitrogens is 2. The van der Waals surface area contributed by atoms with Crippen LogP contribution in [-0.2, 0) is 0 Å². The monoisotopic (exact) mass is 487 g/mol. The topological polar surface area (TPSA) is 102 Å². The van der Waals surface area contributed by atoms with E-state index >= 15 is 0 Å². The molecule has 1 aromatic heterocycles. The standard InChI is InChI=1S/C24H26FN5O3.ClH/c1-15(2)16-3-5-18(6-4-16)29-23(17-9-11-26-12-10-17)20(14-27-29)24(31)28-22-13-19(30(32)33)7-8-21(22)25;/h3-8,13-15,17,26H,9-12H2,1-2H3,(H,28,31);1H. The molecule has 2 N–H and O–H groups in total. The van der Waals surface area contributed by atoms with Crippen molar-refractivity contribution >= 4 is 29.7 Å². The van der Waals surface area contributed by atoms with E-state index in [-0.39, 0.29) is 29.7 Å². The maximum absolute atomic E-state index is 14.3. The number of hydrogen-bond acceptors (Lipinski definition) is 5. The second kappa shape index (κ2) is 10.8. The van der Waals surface area contributed by atoms with Gasteiger partial charge in [0.2, 0.25) is 0 Å². The molecule has 10 heteroatoms. The van der Waals surface area contributed by atoms with E-state index in [0.29, 0.717) is 11.5 Å². The number of rotatable bonds is 6. The number of nitrogens with one attached hydrogen (secondary N) is 2. The molecule has 1 aliphatic heterocycles. The molecule has 1 saturated heterocycles. The molecule has 4 rings (SSSR count). The summed E-state index contributed by atoms with van der Waals surface area (Å²) in [6, 6.07) is 11.1. The van der Waals surface area contributed by atoms with E-state index in [1.54, 1.807) is 4.68 Å². The molecule has 0 saturated carbocycles. The van der Waals surface area contributed by atoms with Gasteiger partial charge in [0.1, 0.15) is 5.82 Å². The first kappa shape index (κ1) is 25.3. The van der Waals surface area contributed by atoms with Gasteiger partial charge >= 0.3 is 0 Å². The van der Waals surface area contributed by atoms with E-state index < -0.39 is 16.6 Å². The first-order chi connectivity index (χ1) is 15.8. The van der Waals surface area contributed by atoms with Crippen LogP contribution in [0.3, 0.4) is 0 Å². The Balaban J connectivity index is 0.00000324. The van der Waals surface area contributed by atoms with Gasteiger partial charge in [-0.25, -0.2) is 9.07 Å². The molecule has 3 aromatic rings. The fourth-order valence-corrected chi connectivity index (χ4v) is 4.14. The molecule has 0 atom stereocenters. The van der Waals surface area contributed by atoms with Gasteiger partial charge in [-0.1, -0.05) is 26.0 Å². The Morgan fingerprint density at radius 1 is 1.21 bits per heavy atom. The average Bonchev–Trinajstić information content (AvgIpc) is 3.26. The van der Waals surface area contributed by atoms with Crippen LogP contribution in [0, 0.1) is 15.9 Å². The van der Waals surface area contributed by atoms with Crippen molar-refractivity contribution in [2.24, 2.45) is 0 Å². The molecular formula is C24H27ClFN5O3. The minimum absolute atomic E-state index is 0. The first-order valence-corrected chi connectivity index (χ1v) is 11.0. The summed E-state index contributed by atoms with van der Waals surface area (Å²) in [5, 5.41) is 21.4. The minimum Gasteiger partial charge on any atom is -0.319 e. The summed E-state index contributed by atoms with van der Waals surface area (Å²) < 4.78 is 16.0. The third-order valence-corrected chi connectivity index (χ3v) is 5.99. The number of halogens is 2. The normalized spacial score (nSPS) is 14.0. The van der Waals surface area contributed by atoms with Crippen molar-refractivity contribution in [3.05, 3.63) is 81.4 Å². The lowest BCUT2D eigenvalue weighted by atomic mass is 9.91. The largest absolute Gasteiger partial charge is 0.319 e. The maximum atomic E-state index is 14.3. The molecule has 2 heterocycles. The molecule has 0 unspecified atom stereocenters. The fraction of sp³-hybridized carbons (Fsp3) is 0.333. The summed E-state index contributed by atoms with van der Waals surface area (Å²) in [6.07, 6.45) is 3.15. The number of nitro groups is 1. The van der Waals surface area contributed by atoms with Gasteiger partial charge in [0.15, 0.2) is 0 Å². The van der Waals surface area contributed by atoms with Crippen LogP contribution >= 0.6 is 12.4 Å². The number of hydrogen-bond donors (Lipinski definition) is 2. The van der Waals surface area contributed by atoms with Gasteiger partial charge in [0, 0.05) is 18.1 Å². The van der Waals surface area contributed by atoms with E-state index in [0.717, 1.165) is 55.5 Å². The Kier molecular flexibility index (Phi) is 8.01. The number of benzene rings is 2. The van der Waals surface area contributed by atoms with Crippen LogP contribution < -0.4 is 10.6 Å². The van der Waals surface area contributed by atoms with Gasteiger partial charge in [-0.2, -0.15) is 5.10 Å². The third kappa shape index (κ3) is 5.26. The highest BCUT2D eigenvalue weighted by molar-refractivity contribution is 6.05. The number of nitro benzene ring substituents is 1. The van der Waals surface area contributed by atoms with Gasteiger partial charge in [-0.3, -0.25) is 14.9 Å². The van der Waals surface area contributed by atoms with Crippen LogP contribution in [0.4, 0.5) is 15.8 Å². The van der Waals surface area contributed by atoms with Gasteiger partial charge in [-0.05, 0) is 55.6 Å². The highest BCUT2D eigenvalue weighted by Crippen LogP contribution is 2.31. The minimum atomic E-state index is -0.742. The van der Waals surface area contributed by atoms with Gasteiger partial charge in [0.25, 0.3) is 11.6 Å². The first-order valence-electron chi connectivity index (χ1n) is 11.0. The lowest BCUT2D eigenvalue weighted by Gasteiger charge is -2.25. The van der Waals surface area contributed by atoms with Crippen LogP contribution in [0.25, 0.3) is 5.69 Å². The molecule has 34 heavy (non-hydrogen) atoms. The van der Waals surface area contributed by atoms with E-state index in [1.807, 2.05) is 24.3 Å². The lowest BCUT2D eigenvalue weighted by Crippen LogP contribution is -2.29. The molecule has 1 fully saturated rings. The summed E-state index contributed by atoms with van der Waals surface area (Å²) in [5.41, 5.74) is 2.60. The Morgan fingerprint density at radius 2 is 1.88 bits per heavy atom. The van der Waals surface area contributed by atoms with E-state index in [9.17, 15) is 19.3 Å². The second-order valence-corrected chi connectivity index (χ2v) is 8.50. The Hall–Kier alpha value is -3.30. The second-order valence-electron chi connectivity index (χ2n) is 8.50. The van der Waals surface area contributed by atoms with Crippen LogP contribution in [0.1, 0.15) is 60.1 Å². The summed E-state index contributed by atoms with van der Waals surface area (Å²) in [7, 11) is 0. The Morgan fingerprint density at radius 3 is 2.50 bits per heavy atom. The summed E-state index contributed by atoms with van der Waals surface area (Å²) in [6.45, 7) is 5.89. The summed E-state index contributed by atoms with van der Waals surface area (Å²) >= 11 is 0. The van der Waals surface area contributed by atoms with E-state index in [2.05, 4.69) is 29.6 Å². The van der Waals surface area contributed by atoms with Gasteiger partial charge < -0.3 is 10.6 Å². The number of amides is 1. The molecule has 0 radical (unpaired) electrons. The van der Waals surface area contributed by atoms with Crippen molar-refractivity contribution in [1.29, 1.82) is 0 Å². The highest BCUT2D eigenvalue weighted by Gasteiger charge is 2.27. The van der Waals surface area contributed by atoms with Crippen LogP contribution in [0.5, 0.6) is 0 Å². The van der Waals surface area contributed by atoms with Gasteiger partial charge in [0.05, 0.1) is 33.8 Å². The molecule has 180 valence electrons. The third-order valence-electron chi connectivity index (χ3n) is 5.99. The van der Waals surface area contributed by atoms with Gasteiger partial charge in [-0.15, -0.1) is 12.4 Å². The molecule has 8 nitrogen and oxygen atoms in total. The molecule has 2 aromatic carbocycles. The molecule has 1 amide bonds. The Labute approximate surface area is 203 Å². The number of anilines is 1. The number of non-ortho nitro benzene ring substituents is 1. The lowest BCUT2D eigenvalue weighted by molar-refractivity contribution is -0.384. The number of carbonyl (C=O) groups excluding carboxylic acids is 1.